The van der Waals surface area contributed by atoms with Crippen LogP contribution in [-0.2, 0) is 9.53 Å². The van der Waals surface area contributed by atoms with Gasteiger partial charge in [0.05, 0.1) is 15.6 Å². The first-order valence-electron chi connectivity index (χ1n) is 6.15. The number of carbonyl (C=O) groups is 1. The molecule has 2 bridgehead atoms. The third-order valence-electron chi connectivity index (χ3n) is 3.83. The van der Waals surface area contributed by atoms with Crippen molar-refractivity contribution in [2.45, 2.75) is 16.9 Å². The normalized spacial score (nSPS) is 42.7. The summed E-state index contributed by atoms with van der Waals surface area (Å²) >= 11 is 7.29. The highest BCUT2D eigenvalue weighted by Gasteiger charge is 2.50. The maximum Gasteiger partial charge on any atom is 0.345 e. The fourth-order valence-corrected chi connectivity index (χ4v) is 9.20. The molecule has 6 heteroatoms. The number of fused-ring (bicyclic) bond motifs is 5. The van der Waals surface area contributed by atoms with Crippen LogP contribution in [0.3, 0.4) is 0 Å². The fraction of sp³-hybridized carbons (Fsp3) is 0.462. The zero-order chi connectivity index (χ0) is 13.0. The lowest BCUT2D eigenvalue weighted by atomic mass is 10.1. The van der Waals surface area contributed by atoms with Gasteiger partial charge in [-0.2, -0.15) is 0 Å². The van der Waals surface area contributed by atoms with Crippen molar-refractivity contribution < 1.29 is 9.53 Å². The summed E-state index contributed by atoms with van der Waals surface area (Å²) in [7, 11) is 1.44. The molecule has 1 saturated heterocycles. The Morgan fingerprint density at radius 1 is 1.21 bits per heavy atom. The second-order valence-electron chi connectivity index (χ2n) is 4.88. The molecule has 1 saturated carbocycles. The van der Waals surface area contributed by atoms with Gasteiger partial charge in [0.2, 0.25) is 0 Å². The lowest BCUT2D eigenvalue weighted by Crippen LogP contribution is -2.19. The first-order valence-corrected chi connectivity index (χ1v) is 9.60. The third kappa shape index (κ3) is 2.03. The minimum absolute atomic E-state index is 0.219. The molecule has 0 unspecified atom stereocenters. The molecule has 0 aromatic heterocycles. The summed E-state index contributed by atoms with van der Waals surface area (Å²) in [5.74, 6) is 1.33. The second kappa shape index (κ2) is 4.83. The summed E-state index contributed by atoms with van der Waals surface area (Å²) in [6, 6.07) is 0. The van der Waals surface area contributed by atoms with Gasteiger partial charge in [0.1, 0.15) is 4.91 Å². The molecule has 0 radical (unpaired) electrons. The molecule has 2 aliphatic heterocycles. The van der Waals surface area contributed by atoms with E-state index in [1.165, 1.54) is 22.0 Å². The standard InChI is InChI=1S/C13H12O2S4/c1-15-11(14)8-5-16-12(17-8)13-18-9-6-2-3-7(4-6)10(9)19-13/h2-3,5-7,9-10H,4H2,1H3/t6-,7+,9+,10-. The Bertz CT molecular complexity index is 515. The predicted molar refractivity (Wildman–Crippen MR) is 85.8 cm³/mol. The molecule has 2 nitrogen and oxygen atoms in total. The third-order valence-corrected chi connectivity index (χ3v) is 10.1. The van der Waals surface area contributed by atoms with E-state index in [1.54, 1.807) is 23.5 Å². The highest BCUT2D eigenvalue weighted by Crippen LogP contribution is 2.64. The summed E-state index contributed by atoms with van der Waals surface area (Å²) < 4.78 is 7.46. The van der Waals surface area contributed by atoms with Gasteiger partial charge in [-0.25, -0.2) is 4.79 Å². The number of esters is 1. The summed E-state index contributed by atoms with van der Waals surface area (Å²) in [4.78, 5) is 12.2. The minimum atomic E-state index is -0.219. The predicted octanol–water partition coefficient (Wildman–Crippen LogP) is 4.03. The van der Waals surface area contributed by atoms with Gasteiger partial charge in [0.15, 0.2) is 0 Å². The van der Waals surface area contributed by atoms with Crippen molar-refractivity contribution in [2.75, 3.05) is 7.11 Å². The van der Waals surface area contributed by atoms with E-state index in [0.29, 0.717) is 4.91 Å². The van der Waals surface area contributed by atoms with E-state index in [9.17, 15) is 4.79 Å². The molecule has 4 aliphatic rings. The van der Waals surface area contributed by atoms with E-state index >= 15 is 0 Å². The maximum absolute atomic E-state index is 11.5. The average molecular weight is 329 g/mol. The Morgan fingerprint density at radius 2 is 1.89 bits per heavy atom. The van der Waals surface area contributed by atoms with Crippen molar-refractivity contribution in [3.05, 3.63) is 30.9 Å². The number of methoxy groups -OCH3 is 1. The van der Waals surface area contributed by atoms with E-state index in [1.807, 2.05) is 28.9 Å². The molecule has 19 heavy (non-hydrogen) atoms. The number of ether oxygens (including phenoxy) is 1. The Hall–Kier alpha value is 0.0900. The SMILES string of the molecule is COC(=O)C1=CSC(=C2S[C@@H]3[C@H](S2)[C@H]2C=C[C@@H]3C2)S1. The van der Waals surface area contributed by atoms with Gasteiger partial charge in [-0.05, 0) is 23.7 Å². The summed E-state index contributed by atoms with van der Waals surface area (Å²) in [5.41, 5.74) is 0. The monoisotopic (exact) mass is 328 g/mol. The van der Waals surface area contributed by atoms with Crippen molar-refractivity contribution in [3.8, 4) is 0 Å². The molecule has 0 aromatic carbocycles. The quantitative estimate of drug-likeness (QED) is 0.533. The zero-order valence-corrected chi connectivity index (χ0v) is 13.5. The largest absolute Gasteiger partial charge is 0.465 e. The lowest BCUT2D eigenvalue weighted by molar-refractivity contribution is -0.135. The van der Waals surface area contributed by atoms with E-state index < -0.39 is 0 Å². The highest BCUT2D eigenvalue weighted by molar-refractivity contribution is 8.33. The lowest BCUT2D eigenvalue weighted by Gasteiger charge is -2.16. The molecule has 100 valence electrons. The molecule has 4 rings (SSSR count). The van der Waals surface area contributed by atoms with Crippen LogP contribution in [0.15, 0.2) is 30.9 Å². The van der Waals surface area contributed by atoms with Crippen molar-refractivity contribution >= 4 is 53.0 Å². The van der Waals surface area contributed by atoms with Crippen LogP contribution in [0.5, 0.6) is 0 Å². The van der Waals surface area contributed by atoms with Crippen molar-refractivity contribution in [3.63, 3.8) is 0 Å². The Kier molecular flexibility index (Phi) is 3.25. The highest BCUT2D eigenvalue weighted by atomic mass is 32.2. The second-order valence-corrected chi connectivity index (χ2v) is 9.71. The molecule has 4 atom stereocenters. The molecule has 0 N–H and O–H groups in total. The van der Waals surface area contributed by atoms with Crippen LogP contribution in [0.2, 0.25) is 0 Å². The smallest absolute Gasteiger partial charge is 0.345 e. The Balaban J connectivity index is 1.51. The van der Waals surface area contributed by atoms with Crippen LogP contribution < -0.4 is 0 Å². The van der Waals surface area contributed by atoms with Crippen molar-refractivity contribution in [1.82, 2.24) is 0 Å². The van der Waals surface area contributed by atoms with Gasteiger partial charge in [-0.15, -0.1) is 23.5 Å². The van der Waals surface area contributed by atoms with Crippen LogP contribution in [0.25, 0.3) is 0 Å². The number of hydrogen-bond donors (Lipinski definition) is 0. The zero-order valence-electron chi connectivity index (χ0n) is 10.2. The van der Waals surface area contributed by atoms with Crippen molar-refractivity contribution in [2.24, 2.45) is 11.8 Å². The average Bonchev–Trinajstić information content (AvgIpc) is 3.14. The van der Waals surface area contributed by atoms with Crippen LogP contribution in [0.1, 0.15) is 6.42 Å². The van der Waals surface area contributed by atoms with Gasteiger partial charge in [-0.3, -0.25) is 0 Å². The first kappa shape index (κ1) is 12.8. The van der Waals surface area contributed by atoms with Gasteiger partial charge < -0.3 is 4.74 Å². The molecule has 2 aliphatic carbocycles. The molecular weight excluding hydrogens is 316 g/mol. The maximum atomic E-state index is 11.5. The Morgan fingerprint density at radius 3 is 2.53 bits per heavy atom. The molecule has 2 fully saturated rings. The molecule has 0 aromatic rings. The number of hydrogen-bond acceptors (Lipinski definition) is 6. The van der Waals surface area contributed by atoms with E-state index in [2.05, 4.69) is 12.2 Å². The van der Waals surface area contributed by atoms with E-state index in [4.69, 9.17) is 4.74 Å². The summed E-state index contributed by atoms with van der Waals surface area (Å²) in [5, 5.41) is 3.43. The topological polar surface area (TPSA) is 26.3 Å². The minimum Gasteiger partial charge on any atom is -0.465 e. The number of rotatable bonds is 1. The molecular formula is C13H12O2S4. The molecule has 0 spiro atoms. The van der Waals surface area contributed by atoms with Crippen LogP contribution in [0, 0.1) is 11.8 Å². The molecule has 2 heterocycles. The number of thioether (sulfide) groups is 4. The summed E-state index contributed by atoms with van der Waals surface area (Å²) in [6.45, 7) is 0. The number of allylic oxidation sites excluding steroid dienone is 2. The van der Waals surface area contributed by atoms with Crippen LogP contribution >= 0.6 is 47.0 Å². The first-order chi connectivity index (χ1) is 9.26. The van der Waals surface area contributed by atoms with E-state index in [0.717, 1.165) is 22.3 Å². The van der Waals surface area contributed by atoms with E-state index in [-0.39, 0.29) is 5.97 Å². The Labute approximate surface area is 129 Å². The molecule has 0 amide bonds. The van der Waals surface area contributed by atoms with Crippen LogP contribution in [0.4, 0.5) is 0 Å². The number of carbonyl (C=O) groups excluding carboxylic acids is 1. The van der Waals surface area contributed by atoms with Gasteiger partial charge in [-0.1, -0.05) is 35.7 Å². The van der Waals surface area contributed by atoms with Gasteiger partial charge in [0, 0.05) is 10.5 Å². The fourth-order valence-electron chi connectivity index (χ4n) is 2.95. The van der Waals surface area contributed by atoms with Gasteiger partial charge in [0.25, 0.3) is 0 Å². The summed E-state index contributed by atoms with van der Waals surface area (Å²) in [6.07, 6.45) is 6.16. The van der Waals surface area contributed by atoms with Crippen molar-refractivity contribution in [1.29, 1.82) is 0 Å². The van der Waals surface area contributed by atoms with Crippen LogP contribution in [-0.4, -0.2) is 23.6 Å². The van der Waals surface area contributed by atoms with Gasteiger partial charge >= 0.3 is 5.97 Å².